The van der Waals surface area contributed by atoms with Crippen molar-refractivity contribution in [3.05, 3.63) is 57.5 Å². The fraction of sp³-hybridized carbons (Fsp3) is 0.440. The molecule has 8 heteroatoms. The van der Waals surface area contributed by atoms with Gasteiger partial charge in [-0.2, -0.15) is 5.10 Å². The number of rotatable bonds is 6. The Morgan fingerprint density at radius 1 is 1.27 bits per heavy atom. The van der Waals surface area contributed by atoms with Crippen molar-refractivity contribution in [2.45, 2.75) is 63.6 Å². The van der Waals surface area contributed by atoms with E-state index in [4.69, 9.17) is 4.98 Å². The van der Waals surface area contributed by atoms with Gasteiger partial charge in [0.2, 0.25) is 5.91 Å². The third-order valence-corrected chi connectivity index (χ3v) is 7.62. The molecule has 1 aliphatic carbocycles. The molecule has 0 radical (unpaired) electrons. The summed E-state index contributed by atoms with van der Waals surface area (Å²) in [4.78, 5) is 30.7. The van der Waals surface area contributed by atoms with E-state index in [2.05, 4.69) is 29.5 Å². The van der Waals surface area contributed by atoms with Crippen LogP contribution in [0, 0.1) is 13.8 Å². The van der Waals surface area contributed by atoms with E-state index in [1.165, 1.54) is 35.7 Å². The van der Waals surface area contributed by atoms with Gasteiger partial charge in [-0.1, -0.05) is 41.1 Å². The molecule has 0 fully saturated rings. The molecule has 172 valence electrons. The van der Waals surface area contributed by atoms with E-state index in [9.17, 15) is 9.59 Å². The van der Waals surface area contributed by atoms with Crippen LogP contribution < -0.4 is 10.9 Å². The third-order valence-electron chi connectivity index (χ3n) is 6.53. The minimum atomic E-state index is -0.187. The van der Waals surface area contributed by atoms with Crippen LogP contribution in [0.5, 0.6) is 0 Å². The molecule has 2 aliphatic rings. The first-order valence-electron chi connectivity index (χ1n) is 11.7. The number of nitrogens with zero attached hydrogens (tertiary/aromatic N) is 4. The van der Waals surface area contributed by atoms with Crippen LogP contribution in [-0.4, -0.2) is 37.5 Å². The molecule has 1 unspecified atom stereocenters. The molecule has 1 amide bonds. The number of amides is 1. The second-order valence-corrected chi connectivity index (χ2v) is 10.0. The van der Waals surface area contributed by atoms with Crippen LogP contribution in [0.1, 0.15) is 55.7 Å². The predicted octanol–water partition coefficient (Wildman–Crippen LogP) is 4.24. The lowest BCUT2D eigenvalue weighted by molar-refractivity contribution is -0.121. The number of aryl methyl sites for hydroxylation is 2. The highest BCUT2D eigenvalue weighted by atomic mass is 32.2. The van der Waals surface area contributed by atoms with Crippen molar-refractivity contribution in [1.82, 2.24) is 24.6 Å². The van der Waals surface area contributed by atoms with Gasteiger partial charge in [-0.15, -0.1) is 0 Å². The Bertz CT molecular complexity index is 1310. The van der Waals surface area contributed by atoms with Gasteiger partial charge in [0, 0.05) is 18.7 Å². The lowest BCUT2D eigenvalue weighted by atomic mass is 9.97. The molecule has 0 saturated heterocycles. The predicted molar refractivity (Wildman–Crippen MR) is 131 cm³/mol. The minimum Gasteiger partial charge on any atom is -0.356 e. The minimum absolute atomic E-state index is 0.0113. The zero-order chi connectivity index (χ0) is 22.9. The van der Waals surface area contributed by atoms with E-state index in [1.807, 2.05) is 19.1 Å². The first-order chi connectivity index (χ1) is 16.0. The summed E-state index contributed by atoms with van der Waals surface area (Å²) in [5.41, 5.74) is 5.06. The fourth-order valence-electron chi connectivity index (χ4n) is 4.78. The summed E-state index contributed by atoms with van der Waals surface area (Å²) in [5, 5.41) is 8.65. The number of allylic oxidation sites excluding steroid dienone is 1. The second kappa shape index (κ2) is 9.17. The van der Waals surface area contributed by atoms with Gasteiger partial charge >= 0.3 is 0 Å². The molecule has 5 rings (SSSR count). The molecule has 33 heavy (non-hydrogen) atoms. The van der Waals surface area contributed by atoms with Crippen molar-refractivity contribution in [3.8, 4) is 5.69 Å². The SMILES string of the molecule is Cc1ccc(-n2ncc3c(=O)n4c(nc32)SCC4CC(=O)NCCC2=CCCCC2)c(C)c1. The van der Waals surface area contributed by atoms with Crippen molar-refractivity contribution < 1.29 is 4.79 Å². The van der Waals surface area contributed by atoms with Gasteiger partial charge in [-0.25, -0.2) is 9.67 Å². The molecule has 0 spiro atoms. The van der Waals surface area contributed by atoms with Gasteiger partial charge in [0.25, 0.3) is 5.56 Å². The number of hydrogen-bond donors (Lipinski definition) is 1. The molecule has 7 nitrogen and oxygen atoms in total. The smallest absolute Gasteiger partial charge is 0.265 e. The van der Waals surface area contributed by atoms with Gasteiger partial charge in [0.15, 0.2) is 10.8 Å². The molecule has 1 aromatic carbocycles. The molecule has 1 N–H and O–H groups in total. The number of carbonyl (C=O) groups is 1. The summed E-state index contributed by atoms with van der Waals surface area (Å²) in [6, 6.07) is 5.95. The number of hydrogen-bond acceptors (Lipinski definition) is 5. The highest BCUT2D eigenvalue weighted by Crippen LogP contribution is 2.33. The summed E-state index contributed by atoms with van der Waals surface area (Å²) < 4.78 is 3.43. The summed E-state index contributed by atoms with van der Waals surface area (Å²) in [6.07, 6.45) is 9.94. The van der Waals surface area contributed by atoms with Crippen LogP contribution in [0.2, 0.25) is 0 Å². The average Bonchev–Trinajstić information content (AvgIpc) is 3.40. The monoisotopic (exact) mass is 463 g/mol. The second-order valence-electron chi connectivity index (χ2n) is 9.03. The highest BCUT2D eigenvalue weighted by Gasteiger charge is 2.29. The number of carbonyl (C=O) groups excluding carboxylic acids is 1. The largest absolute Gasteiger partial charge is 0.356 e. The number of thioether (sulfide) groups is 1. The fourth-order valence-corrected chi connectivity index (χ4v) is 5.91. The third kappa shape index (κ3) is 4.36. The first kappa shape index (κ1) is 21.9. The maximum atomic E-state index is 13.3. The zero-order valence-corrected chi connectivity index (χ0v) is 20.0. The van der Waals surface area contributed by atoms with Crippen molar-refractivity contribution in [1.29, 1.82) is 0 Å². The Kier molecular flexibility index (Phi) is 6.10. The van der Waals surface area contributed by atoms with Crippen molar-refractivity contribution in [2.75, 3.05) is 12.3 Å². The Balaban J connectivity index is 1.34. The van der Waals surface area contributed by atoms with E-state index < -0.39 is 0 Å². The van der Waals surface area contributed by atoms with Crippen molar-refractivity contribution >= 4 is 28.7 Å². The molecule has 1 atom stereocenters. The van der Waals surface area contributed by atoms with Crippen LogP contribution in [0.25, 0.3) is 16.7 Å². The maximum Gasteiger partial charge on any atom is 0.265 e. The number of nitrogens with one attached hydrogen (secondary N) is 1. The van der Waals surface area contributed by atoms with Crippen LogP contribution in [0.3, 0.4) is 0 Å². The quantitative estimate of drug-likeness (QED) is 0.437. The summed E-state index contributed by atoms with van der Waals surface area (Å²) in [5.74, 6) is 0.660. The number of benzene rings is 1. The summed E-state index contributed by atoms with van der Waals surface area (Å²) in [6.45, 7) is 4.74. The summed E-state index contributed by atoms with van der Waals surface area (Å²) in [7, 11) is 0. The molecular weight excluding hydrogens is 434 g/mol. The average molecular weight is 464 g/mol. The summed E-state index contributed by atoms with van der Waals surface area (Å²) >= 11 is 1.53. The zero-order valence-electron chi connectivity index (χ0n) is 19.1. The van der Waals surface area contributed by atoms with Crippen LogP contribution in [-0.2, 0) is 4.79 Å². The lowest BCUT2D eigenvalue weighted by Crippen LogP contribution is -2.31. The van der Waals surface area contributed by atoms with Gasteiger partial charge in [-0.3, -0.25) is 14.2 Å². The maximum absolute atomic E-state index is 13.3. The molecule has 0 saturated carbocycles. The van der Waals surface area contributed by atoms with E-state index in [1.54, 1.807) is 15.4 Å². The normalized spacial score (nSPS) is 17.8. The Labute approximate surface area is 197 Å². The Morgan fingerprint density at radius 2 is 2.15 bits per heavy atom. The van der Waals surface area contributed by atoms with Gasteiger partial charge in [0.1, 0.15) is 5.39 Å². The van der Waals surface area contributed by atoms with E-state index >= 15 is 0 Å². The van der Waals surface area contributed by atoms with Crippen LogP contribution in [0.15, 0.2) is 46.0 Å². The highest BCUT2D eigenvalue weighted by molar-refractivity contribution is 7.99. The molecule has 3 heterocycles. The molecule has 0 bridgehead atoms. The van der Waals surface area contributed by atoms with Crippen LogP contribution in [0.4, 0.5) is 0 Å². The van der Waals surface area contributed by atoms with E-state index in [-0.39, 0.29) is 23.9 Å². The van der Waals surface area contributed by atoms with Crippen molar-refractivity contribution in [3.63, 3.8) is 0 Å². The molecular formula is C25H29N5O2S. The van der Waals surface area contributed by atoms with Gasteiger partial charge in [-0.05, 0) is 57.6 Å². The Morgan fingerprint density at radius 3 is 2.94 bits per heavy atom. The molecule has 2 aromatic heterocycles. The van der Waals surface area contributed by atoms with Crippen molar-refractivity contribution in [2.24, 2.45) is 0 Å². The number of fused-ring (bicyclic) bond motifs is 2. The lowest BCUT2D eigenvalue weighted by Gasteiger charge is -2.15. The van der Waals surface area contributed by atoms with Gasteiger partial charge in [0.05, 0.1) is 17.9 Å². The number of aromatic nitrogens is 4. The molecule has 3 aromatic rings. The van der Waals surface area contributed by atoms with E-state index in [0.29, 0.717) is 28.5 Å². The van der Waals surface area contributed by atoms with Gasteiger partial charge < -0.3 is 5.32 Å². The topological polar surface area (TPSA) is 81.8 Å². The molecule has 1 aliphatic heterocycles. The Hall–Kier alpha value is -2.87. The first-order valence-corrected chi connectivity index (χ1v) is 12.6. The standard InChI is InChI=1S/C25H29N5O2S/c1-16-8-9-21(17(2)12-16)30-23-20(14-27-30)24(32)29-19(15-33-25(29)28-23)13-22(31)26-11-10-18-6-4-3-5-7-18/h6,8-9,12,14,19H,3-5,7,10-11,13,15H2,1-2H3,(H,26,31). The van der Waals surface area contributed by atoms with E-state index in [0.717, 1.165) is 30.5 Å². The van der Waals surface area contributed by atoms with Crippen LogP contribution >= 0.6 is 11.8 Å².